The Balaban J connectivity index is 1.33. The molecule has 2 aliphatic rings. The Bertz CT molecular complexity index is 1110. The van der Waals surface area contributed by atoms with Gasteiger partial charge in [-0.15, -0.1) is 0 Å². The first-order valence-electron chi connectivity index (χ1n) is 9.98. The third kappa shape index (κ3) is 3.82. The molecule has 0 unspecified atom stereocenters. The van der Waals surface area contributed by atoms with E-state index in [1.54, 1.807) is 18.2 Å². The lowest BCUT2D eigenvalue weighted by Gasteiger charge is -2.15. The number of H-pyrrole nitrogens is 1. The maximum absolute atomic E-state index is 14.2. The van der Waals surface area contributed by atoms with Crippen LogP contribution in [0.1, 0.15) is 11.3 Å². The van der Waals surface area contributed by atoms with Crippen LogP contribution >= 0.6 is 11.6 Å². The van der Waals surface area contributed by atoms with Gasteiger partial charge in [0.2, 0.25) is 0 Å². The molecule has 0 aliphatic carbocycles. The normalized spacial score (nSPS) is 25.2. The second-order valence-corrected chi connectivity index (χ2v) is 7.98. The molecule has 2 fully saturated rings. The monoisotopic (exact) mass is 449 g/mol. The van der Waals surface area contributed by atoms with Crippen LogP contribution in [0.4, 0.5) is 4.39 Å². The van der Waals surface area contributed by atoms with Gasteiger partial charge in [0, 0.05) is 5.56 Å². The average Bonchev–Trinajstić information content (AvgIpc) is 3.44. The molecule has 164 valence electrons. The van der Waals surface area contributed by atoms with Gasteiger partial charge in [0.15, 0.2) is 11.8 Å². The van der Waals surface area contributed by atoms with Gasteiger partial charge in [-0.25, -0.2) is 9.37 Å². The number of aliphatic hydroxyl groups excluding tert-OH is 1. The summed E-state index contributed by atoms with van der Waals surface area (Å²) in [5.74, 6) is 0.160. The van der Waals surface area contributed by atoms with Crippen molar-refractivity contribution in [2.24, 2.45) is 0 Å². The first kappa shape index (κ1) is 20.4. The van der Waals surface area contributed by atoms with E-state index in [1.807, 2.05) is 0 Å². The van der Waals surface area contributed by atoms with Crippen molar-refractivity contribution < 1.29 is 28.4 Å². The number of aliphatic hydroxyl groups is 1. The predicted molar refractivity (Wildman–Crippen MR) is 109 cm³/mol. The van der Waals surface area contributed by atoms with E-state index in [0.29, 0.717) is 52.6 Å². The number of aromatic nitrogens is 3. The van der Waals surface area contributed by atoms with Gasteiger partial charge in [-0.05, 0) is 31.0 Å². The van der Waals surface area contributed by atoms with E-state index >= 15 is 0 Å². The number of nitrogens with zero attached hydrogens (tertiary/aromatic N) is 2. The number of aromatic amines is 1. The highest BCUT2D eigenvalue weighted by Crippen LogP contribution is 2.30. The van der Waals surface area contributed by atoms with Gasteiger partial charge >= 0.3 is 0 Å². The van der Waals surface area contributed by atoms with Gasteiger partial charge in [-0.3, -0.25) is 0 Å². The first-order valence-corrected chi connectivity index (χ1v) is 10.4. The summed E-state index contributed by atoms with van der Waals surface area (Å²) in [5.41, 5.74) is 2.14. The number of halogens is 2. The summed E-state index contributed by atoms with van der Waals surface area (Å²) in [5, 5.41) is 10.3. The largest absolute Gasteiger partial charge is 0.496 e. The number of rotatable bonds is 6. The number of imidazole rings is 1. The predicted octanol–water partition coefficient (Wildman–Crippen LogP) is 2.45. The van der Waals surface area contributed by atoms with Crippen molar-refractivity contribution in [1.29, 1.82) is 0 Å². The lowest BCUT2D eigenvalue weighted by molar-refractivity contribution is 0.00706. The number of pyridine rings is 1. The quantitative estimate of drug-likeness (QED) is 0.596. The molecule has 4 atom stereocenters. The zero-order valence-electron chi connectivity index (χ0n) is 16.7. The number of aryl methyl sites for hydroxylation is 1. The van der Waals surface area contributed by atoms with E-state index in [4.69, 9.17) is 30.5 Å². The number of ether oxygens (including phenoxy) is 4. The summed E-state index contributed by atoms with van der Waals surface area (Å²) in [7, 11) is 1.51. The van der Waals surface area contributed by atoms with Crippen LogP contribution in [0.3, 0.4) is 0 Å². The topological polar surface area (TPSA) is 98.7 Å². The molecule has 5 rings (SSSR count). The van der Waals surface area contributed by atoms with Crippen LogP contribution in [-0.4, -0.2) is 64.8 Å². The van der Waals surface area contributed by atoms with Crippen molar-refractivity contribution >= 4 is 22.8 Å². The van der Waals surface area contributed by atoms with Crippen LogP contribution in [0, 0.1) is 5.82 Å². The first-order chi connectivity index (χ1) is 15.0. The van der Waals surface area contributed by atoms with Crippen molar-refractivity contribution in [1.82, 2.24) is 15.0 Å². The lowest BCUT2D eigenvalue weighted by atomic mass is 10.1. The van der Waals surface area contributed by atoms with E-state index in [-0.39, 0.29) is 36.7 Å². The van der Waals surface area contributed by atoms with Gasteiger partial charge in [-0.2, -0.15) is 4.98 Å². The zero-order valence-corrected chi connectivity index (χ0v) is 17.4. The summed E-state index contributed by atoms with van der Waals surface area (Å²) in [6.45, 7) is 0.524. The molecule has 0 bridgehead atoms. The summed E-state index contributed by atoms with van der Waals surface area (Å²) in [6.07, 6.45) is -0.961. The maximum atomic E-state index is 14.2. The van der Waals surface area contributed by atoms with Gasteiger partial charge < -0.3 is 29.0 Å². The fourth-order valence-electron chi connectivity index (χ4n) is 4.07. The molecule has 0 spiro atoms. The van der Waals surface area contributed by atoms with Crippen LogP contribution in [0.15, 0.2) is 24.3 Å². The molecule has 0 amide bonds. The number of fused-ring (bicyclic) bond motifs is 2. The number of methoxy groups -OCH3 is 1. The molecule has 4 heterocycles. The van der Waals surface area contributed by atoms with Crippen LogP contribution in [0.2, 0.25) is 5.02 Å². The number of nitrogens with one attached hydrogen (secondary N) is 1. The minimum atomic E-state index is -0.648. The molecule has 2 saturated heterocycles. The molecule has 0 radical (unpaired) electrons. The van der Waals surface area contributed by atoms with Crippen molar-refractivity contribution in [2.75, 3.05) is 20.3 Å². The van der Waals surface area contributed by atoms with E-state index in [2.05, 4.69) is 15.0 Å². The van der Waals surface area contributed by atoms with Gasteiger partial charge in [-0.1, -0.05) is 17.7 Å². The molecule has 2 aromatic heterocycles. The summed E-state index contributed by atoms with van der Waals surface area (Å²) < 4.78 is 36.5. The van der Waals surface area contributed by atoms with Crippen molar-refractivity contribution in [3.8, 4) is 11.8 Å². The Morgan fingerprint density at radius 2 is 2.06 bits per heavy atom. The summed E-state index contributed by atoms with van der Waals surface area (Å²) in [6, 6.07) is 6.72. The molecular weight excluding hydrogens is 429 g/mol. The van der Waals surface area contributed by atoms with Crippen LogP contribution in [0.25, 0.3) is 11.2 Å². The van der Waals surface area contributed by atoms with E-state index < -0.39 is 6.10 Å². The third-order valence-electron chi connectivity index (χ3n) is 5.63. The molecule has 2 aliphatic heterocycles. The highest BCUT2D eigenvalue weighted by molar-refractivity contribution is 6.31. The molecule has 8 nitrogen and oxygen atoms in total. The minimum Gasteiger partial charge on any atom is -0.496 e. The summed E-state index contributed by atoms with van der Waals surface area (Å²) >= 11 is 6.41. The highest BCUT2D eigenvalue weighted by Gasteiger charge is 2.48. The van der Waals surface area contributed by atoms with Crippen molar-refractivity contribution in [3.63, 3.8) is 0 Å². The molecule has 3 aromatic rings. The van der Waals surface area contributed by atoms with E-state index in [1.165, 1.54) is 13.2 Å². The molecule has 31 heavy (non-hydrogen) atoms. The van der Waals surface area contributed by atoms with Crippen LogP contribution < -0.4 is 9.47 Å². The smallest absolute Gasteiger partial charge is 0.296 e. The fourth-order valence-corrected chi connectivity index (χ4v) is 4.31. The zero-order chi connectivity index (χ0) is 21.5. The Labute approximate surface area is 182 Å². The molecule has 2 N–H and O–H groups in total. The van der Waals surface area contributed by atoms with Crippen molar-refractivity contribution in [3.05, 3.63) is 46.4 Å². The van der Waals surface area contributed by atoms with E-state index in [9.17, 15) is 9.50 Å². The number of hydrogen-bond donors (Lipinski definition) is 2. The highest BCUT2D eigenvalue weighted by atomic mass is 35.5. The number of benzene rings is 1. The second-order valence-electron chi connectivity index (χ2n) is 7.57. The fraction of sp³-hybridized carbons (Fsp3) is 0.429. The van der Waals surface area contributed by atoms with Gasteiger partial charge in [0.1, 0.15) is 29.9 Å². The Hall–Kier alpha value is -2.46. The van der Waals surface area contributed by atoms with Crippen molar-refractivity contribution in [2.45, 2.75) is 37.3 Å². The maximum Gasteiger partial charge on any atom is 0.296 e. The van der Waals surface area contributed by atoms with Gasteiger partial charge in [0.25, 0.3) is 6.01 Å². The SMILES string of the molecule is COc1cccc(F)c1CCc1nc2nc(O[C@@H]3CO[C@H]4[C@@H]3OC[C@H]4O)[nH]c2cc1Cl. The minimum absolute atomic E-state index is 0.225. The third-order valence-corrected chi connectivity index (χ3v) is 5.96. The Morgan fingerprint density at radius 3 is 2.90 bits per heavy atom. The molecular formula is C21H21ClFN3O5. The number of hydrogen-bond acceptors (Lipinski definition) is 7. The molecule has 1 aromatic carbocycles. The lowest BCUT2D eigenvalue weighted by Crippen LogP contribution is -2.34. The molecule has 0 saturated carbocycles. The Morgan fingerprint density at radius 1 is 1.23 bits per heavy atom. The molecule has 10 heteroatoms. The summed E-state index contributed by atoms with van der Waals surface area (Å²) in [4.78, 5) is 12.0. The standard InChI is InChI=1S/C21H21ClFN3O5/c1-28-16-4-2-3-12(23)10(16)5-6-13-11(22)7-14-20(24-13)26-21(25-14)31-17-9-30-18-15(27)8-29-19(17)18/h2-4,7,15,17-19,27H,5-6,8-9H2,1H3,(H,24,25,26)/t15-,17-,18-,19-/m1/s1. The Kier molecular flexibility index (Phi) is 5.43. The van der Waals surface area contributed by atoms with Crippen LogP contribution in [-0.2, 0) is 22.3 Å². The average molecular weight is 450 g/mol. The van der Waals surface area contributed by atoms with Crippen LogP contribution in [0.5, 0.6) is 11.8 Å². The second kappa shape index (κ2) is 8.23. The van der Waals surface area contributed by atoms with E-state index in [0.717, 1.165) is 0 Å². The van der Waals surface area contributed by atoms with Gasteiger partial charge in [0.05, 0.1) is 36.6 Å².